The second-order valence-electron chi connectivity index (χ2n) is 8.75. The molecule has 2 nitrogen and oxygen atoms in total. The van der Waals surface area contributed by atoms with Crippen LogP contribution >= 0.6 is 0 Å². The summed E-state index contributed by atoms with van der Waals surface area (Å²) in [5.41, 5.74) is 0.928. The molecular formula is C21H30O2. The Bertz CT molecular complexity index is 593. The fourth-order valence-electron chi connectivity index (χ4n) is 4.39. The Balaban J connectivity index is 2.56. The van der Waals surface area contributed by atoms with E-state index in [9.17, 15) is 10.2 Å². The summed E-state index contributed by atoms with van der Waals surface area (Å²) in [6.07, 6.45) is 6.30. The van der Waals surface area contributed by atoms with Crippen LogP contribution in [0, 0.1) is 16.2 Å². The van der Waals surface area contributed by atoms with Gasteiger partial charge < -0.3 is 10.2 Å². The fourth-order valence-corrected chi connectivity index (χ4v) is 4.39. The average molecular weight is 314 g/mol. The summed E-state index contributed by atoms with van der Waals surface area (Å²) in [6, 6.07) is 10.3. The molecule has 0 heterocycles. The SMILES string of the molecule is CC(C)(C)C1(C(C)(C)C)C=C(Cc2ccccc2)C=CC1(O)O. The molecule has 0 atom stereocenters. The van der Waals surface area contributed by atoms with Gasteiger partial charge in [-0.25, -0.2) is 0 Å². The maximum Gasteiger partial charge on any atom is 0.193 e. The van der Waals surface area contributed by atoms with Crippen LogP contribution in [0.3, 0.4) is 0 Å². The Kier molecular flexibility index (Phi) is 4.38. The van der Waals surface area contributed by atoms with E-state index in [-0.39, 0.29) is 10.8 Å². The zero-order valence-electron chi connectivity index (χ0n) is 15.2. The summed E-state index contributed by atoms with van der Waals surface area (Å²) in [7, 11) is 0. The minimum atomic E-state index is -1.87. The van der Waals surface area contributed by atoms with Crippen molar-refractivity contribution in [3.8, 4) is 0 Å². The van der Waals surface area contributed by atoms with E-state index in [0.29, 0.717) is 0 Å². The molecule has 0 aliphatic heterocycles. The first-order valence-corrected chi connectivity index (χ1v) is 8.30. The third kappa shape index (κ3) is 3.02. The van der Waals surface area contributed by atoms with Gasteiger partial charge in [-0.1, -0.05) is 84.0 Å². The Labute approximate surface area is 140 Å². The van der Waals surface area contributed by atoms with Crippen LogP contribution in [-0.4, -0.2) is 16.0 Å². The molecule has 0 saturated carbocycles. The molecular weight excluding hydrogens is 284 g/mol. The molecule has 0 spiro atoms. The van der Waals surface area contributed by atoms with Gasteiger partial charge >= 0.3 is 0 Å². The monoisotopic (exact) mass is 314 g/mol. The van der Waals surface area contributed by atoms with Crippen LogP contribution in [0.2, 0.25) is 0 Å². The lowest BCUT2D eigenvalue weighted by Gasteiger charge is -2.58. The lowest BCUT2D eigenvalue weighted by atomic mass is 9.48. The third-order valence-corrected chi connectivity index (χ3v) is 5.13. The summed E-state index contributed by atoms with van der Waals surface area (Å²) >= 11 is 0. The van der Waals surface area contributed by atoms with Gasteiger partial charge in [0, 0.05) is 0 Å². The Morgan fingerprint density at radius 1 is 0.870 bits per heavy atom. The van der Waals surface area contributed by atoms with Crippen molar-refractivity contribution < 1.29 is 10.2 Å². The summed E-state index contributed by atoms with van der Waals surface area (Å²) < 4.78 is 0. The minimum absolute atomic E-state index is 0.318. The van der Waals surface area contributed by atoms with Gasteiger partial charge in [0.1, 0.15) is 0 Å². The van der Waals surface area contributed by atoms with E-state index in [4.69, 9.17) is 0 Å². The van der Waals surface area contributed by atoms with E-state index in [1.165, 1.54) is 5.56 Å². The number of allylic oxidation sites excluding steroid dienone is 2. The van der Waals surface area contributed by atoms with Crippen molar-refractivity contribution in [1.82, 2.24) is 0 Å². The van der Waals surface area contributed by atoms with Crippen molar-refractivity contribution in [2.24, 2.45) is 16.2 Å². The second kappa shape index (κ2) is 5.61. The highest BCUT2D eigenvalue weighted by Crippen LogP contribution is 2.60. The molecule has 2 N–H and O–H groups in total. The first kappa shape index (κ1) is 18.0. The maximum absolute atomic E-state index is 10.9. The highest BCUT2D eigenvalue weighted by atomic mass is 16.5. The molecule has 0 radical (unpaired) electrons. The van der Waals surface area contributed by atoms with Crippen LogP contribution in [0.5, 0.6) is 0 Å². The van der Waals surface area contributed by atoms with Crippen LogP contribution in [0.1, 0.15) is 47.1 Å². The summed E-state index contributed by atoms with van der Waals surface area (Å²) in [4.78, 5) is 0. The zero-order chi connectivity index (χ0) is 17.5. The summed E-state index contributed by atoms with van der Waals surface area (Å²) in [6.45, 7) is 12.5. The van der Waals surface area contributed by atoms with E-state index in [1.54, 1.807) is 6.08 Å². The fraction of sp³-hybridized carbons (Fsp3) is 0.524. The van der Waals surface area contributed by atoms with Crippen LogP contribution in [-0.2, 0) is 6.42 Å². The van der Waals surface area contributed by atoms with Gasteiger partial charge in [-0.15, -0.1) is 0 Å². The van der Waals surface area contributed by atoms with Crippen molar-refractivity contribution in [1.29, 1.82) is 0 Å². The molecule has 126 valence electrons. The molecule has 1 aromatic carbocycles. The number of benzene rings is 1. The Hall–Kier alpha value is -1.38. The first-order chi connectivity index (χ1) is 10.4. The van der Waals surface area contributed by atoms with E-state index in [2.05, 4.69) is 59.8 Å². The quantitative estimate of drug-likeness (QED) is 0.790. The molecule has 0 bridgehead atoms. The molecule has 0 fully saturated rings. The molecule has 2 heteroatoms. The third-order valence-electron chi connectivity index (χ3n) is 5.13. The smallest absolute Gasteiger partial charge is 0.193 e. The number of hydrogen-bond donors (Lipinski definition) is 2. The lowest BCUT2D eigenvalue weighted by Crippen LogP contribution is -2.61. The topological polar surface area (TPSA) is 40.5 Å². The van der Waals surface area contributed by atoms with Crippen molar-refractivity contribution in [2.45, 2.75) is 53.8 Å². The second-order valence-corrected chi connectivity index (χ2v) is 8.75. The molecule has 0 amide bonds. The van der Waals surface area contributed by atoms with E-state index >= 15 is 0 Å². The summed E-state index contributed by atoms with van der Waals surface area (Å²) in [5, 5.41) is 21.7. The molecule has 1 aliphatic carbocycles. The van der Waals surface area contributed by atoms with Crippen molar-refractivity contribution in [3.63, 3.8) is 0 Å². The number of aliphatic hydroxyl groups is 2. The number of rotatable bonds is 2. The van der Waals surface area contributed by atoms with Crippen LogP contribution < -0.4 is 0 Å². The van der Waals surface area contributed by atoms with E-state index < -0.39 is 11.2 Å². The average Bonchev–Trinajstić information content (AvgIpc) is 2.39. The Morgan fingerprint density at radius 3 is 1.87 bits per heavy atom. The van der Waals surface area contributed by atoms with Gasteiger partial charge in [0.2, 0.25) is 0 Å². The minimum Gasteiger partial charge on any atom is -0.362 e. The predicted octanol–water partition coefficient (Wildman–Crippen LogP) is 4.48. The highest BCUT2D eigenvalue weighted by Gasteiger charge is 2.61. The number of hydrogen-bond acceptors (Lipinski definition) is 2. The largest absolute Gasteiger partial charge is 0.362 e. The van der Waals surface area contributed by atoms with Crippen molar-refractivity contribution in [3.05, 3.63) is 59.7 Å². The highest BCUT2D eigenvalue weighted by molar-refractivity contribution is 5.39. The van der Waals surface area contributed by atoms with Crippen LogP contribution in [0.25, 0.3) is 0 Å². The van der Waals surface area contributed by atoms with E-state index in [0.717, 1.165) is 12.0 Å². The molecule has 2 rings (SSSR count). The van der Waals surface area contributed by atoms with Gasteiger partial charge in [-0.2, -0.15) is 0 Å². The predicted molar refractivity (Wildman–Crippen MR) is 95.9 cm³/mol. The first-order valence-electron chi connectivity index (χ1n) is 8.30. The van der Waals surface area contributed by atoms with Crippen LogP contribution in [0.15, 0.2) is 54.1 Å². The van der Waals surface area contributed by atoms with Crippen molar-refractivity contribution >= 4 is 0 Å². The normalized spacial score (nSPS) is 20.3. The van der Waals surface area contributed by atoms with Gasteiger partial charge in [0.25, 0.3) is 0 Å². The maximum atomic E-state index is 10.9. The molecule has 0 unspecified atom stereocenters. The van der Waals surface area contributed by atoms with Crippen molar-refractivity contribution in [2.75, 3.05) is 0 Å². The van der Waals surface area contributed by atoms with E-state index in [1.807, 2.05) is 24.3 Å². The molecule has 1 aromatic rings. The Morgan fingerprint density at radius 2 is 1.39 bits per heavy atom. The van der Waals surface area contributed by atoms with Gasteiger partial charge in [-0.05, 0) is 34.5 Å². The van der Waals surface area contributed by atoms with Crippen LogP contribution in [0.4, 0.5) is 0 Å². The summed E-state index contributed by atoms with van der Waals surface area (Å²) in [5.74, 6) is -1.87. The lowest BCUT2D eigenvalue weighted by molar-refractivity contribution is -0.256. The molecule has 0 saturated heterocycles. The van der Waals surface area contributed by atoms with Gasteiger partial charge in [0.15, 0.2) is 5.79 Å². The van der Waals surface area contributed by atoms with Gasteiger partial charge in [-0.3, -0.25) is 0 Å². The van der Waals surface area contributed by atoms with Gasteiger partial charge in [0.05, 0.1) is 5.41 Å². The standard InChI is InChI=1S/C21H30O2/c1-18(2,3)20(19(4,5)6)15-17(12-13-21(20,22)23)14-16-10-8-7-9-11-16/h7-13,15,22-23H,14H2,1-6H3. The molecule has 23 heavy (non-hydrogen) atoms. The zero-order valence-corrected chi connectivity index (χ0v) is 15.2. The molecule has 0 aromatic heterocycles. The molecule has 1 aliphatic rings.